The largest absolute Gasteiger partial charge is 0.399 e. The molecule has 0 unspecified atom stereocenters. The normalized spacial score (nSPS) is 19.6. The van der Waals surface area contributed by atoms with Gasteiger partial charge in [-0.3, -0.25) is 9.59 Å². The molecule has 0 bridgehead atoms. The third-order valence-corrected chi connectivity index (χ3v) is 3.89. The number of benzene rings is 2. The summed E-state index contributed by atoms with van der Waals surface area (Å²) in [6, 6.07) is 11.7. The summed E-state index contributed by atoms with van der Waals surface area (Å²) in [5.41, 5.74) is 6.63. The average molecular weight is 296 g/mol. The molecule has 0 radical (unpaired) electrons. The van der Waals surface area contributed by atoms with Gasteiger partial charge in [0.05, 0.1) is 6.42 Å². The van der Waals surface area contributed by atoms with E-state index in [1.54, 1.807) is 36.4 Å². The number of rotatable bonds is 3. The van der Waals surface area contributed by atoms with Gasteiger partial charge in [-0.15, -0.1) is 0 Å². The highest BCUT2D eigenvalue weighted by atomic mass is 16.3. The van der Waals surface area contributed by atoms with Crippen LogP contribution in [0.3, 0.4) is 0 Å². The molecular formula is C17H16N2O3. The number of hydrogen-bond donors (Lipinski definition) is 3. The van der Waals surface area contributed by atoms with Crippen molar-refractivity contribution in [1.82, 2.24) is 0 Å². The number of amides is 1. The number of nitrogens with two attached hydrogens (primary N) is 1. The number of ketones is 1. The minimum absolute atomic E-state index is 0.306. The minimum Gasteiger partial charge on any atom is -0.399 e. The van der Waals surface area contributed by atoms with Crippen LogP contribution in [0.25, 0.3) is 0 Å². The second kappa shape index (κ2) is 4.96. The second-order valence-corrected chi connectivity index (χ2v) is 5.59. The molecule has 1 aliphatic rings. The summed E-state index contributed by atoms with van der Waals surface area (Å²) in [5, 5.41) is 13.4. The Morgan fingerprint density at radius 1 is 1.23 bits per heavy atom. The maximum atomic E-state index is 12.4. The molecule has 1 heterocycles. The number of carbonyl (C=O) groups excluding carboxylic acids is 2. The third kappa shape index (κ3) is 2.25. The number of carbonyl (C=O) groups is 2. The van der Waals surface area contributed by atoms with E-state index in [-0.39, 0.29) is 12.2 Å². The van der Waals surface area contributed by atoms with Crippen LogP contribution < -0.4 is 11.1 Å². The summed E-state index contributed by atoms with van der Waals surface area (Å²) in [6.45, 7) is 1.87. The van der Waals surface area contributed by atoms with Crippen LogP contribution in [0.5, 0.6) is 0 Å². The van der Waals surface area contributed by atoms with Gasteiger partial charge >= 0.3 is 0 Å². The fourth-order valence-electron chi connectivity index (χ4n) is 2.64. The molecule has 1 amide bonds. The zero-order chi connectivity index (χ0) is 15.9. The lowest BCUT2D eigenvalue weighted by Crippen LogP contribution is -2.36. The standard InChI is InChI=1S/C17H16N2O3/c1-10-2-7-14-13(8-10)17(22,16(21)19-14)9-15(20)11-3-5-12(18)6-4-11/h2-8,22H,9,18H2,1H3,(H,19,21)/t17-/m0/s1. The predicted octanol–water partition coefficient (Wildman–Crippen LogP) is 1.99. The van der Waals surface area contributed by atoms with Crippen LogP contribution in [0, 0.1) is 6.92 Å². The molecule has 4 N–H and O–H groups in total. The van der Waals surface area contributed by atoms with Crippen molar-refractivity contribution in [2.45, 2.75) is 18.9 Å². The van der Waals surface area contributed by atoms with E-state index in [2.05, 4.69) is 5.32 Å². The maximum Gasteiger partial charge on any atom is 0.261 e. The van der Waals surface area contributed by atoms with Crippen LogP contribution in [-0.2, 0) is 10.4 Å². The first-order valence-corrected chi connectivity index (χ1v) is 6.94. The molecule has 2 aromatic carbocycles. The summed E-state index contributed by atoms with van der Waals surface area (Å²) in [7, 11) is 0. The van der Waals surface area contributed by atoms with Crippen molar-refractivity contribution in [3.8, 4) is 0 Å². The smallest absolute Gasteiger partial charge is 0.261 e. The van der Waals surface area contributed by atoms with E-state index < -0.39 is 11.5 Å². The number of aryl methyl sites for hydroxylation is 1. The molecule has 1 atom stereocenters. The highest BCUT2D eigenvalue weighted by molar-refractivity contribution is 6.09. The van der Waals surface area contributed by atoms with Gasteiger partial charge in [-0.05, 0) is 37.3 Å². The van der Waals surface area contributed by atoms with Crippen LogP contribution >= 0.6 is 0 Å². The predicted molar refractivity (Wildman–Crippen MR) is 83.5 cm³/mol. The lowest BCUT2D eigenvalue weighted by Gasteiger charge is -2.20. The number of fused-ring (bicyclic) bond motifs is 1. The van der Waals surface area contributed by atoms with E-state index >= 15 is 0 Å². The Morgan fingerprint density at radius 3 is 2.59 bits per heavy atom. The lowest BCUT2D eigenvalue weighted by molar-refractivity contribution is -0.133. The quantitative estimate of drug-likeness (QED) is 0.596. The van der Waals surface area contributed by atoms with Crippen molar-refractivity contribution in [3.63, 3.8) is 0 Å². The molecule has 0 aromatic heterocycles. The van der Waals surface area contributed by atoms with E-state index in [1.165, 1.54) is 0 Å². The van der Waals surface area contributed by atoms with Crippen molar-refractivity contribution in [3.05, 3.63) is 59.2 Å². The molecule has 0 saturated carbocycles. The van der Waals surface area contributed by atoms with Gasteiger partial charge in [0, 0.05) is 22.5 Å². The molecule has 0 aliphatic carbocycles. The molecule has 5 nitrogen and oxygen atoms in total. The Hall–Kier alpha value is -2.66. The van der Waals surface area contributed by atoms with E-state index in [1.807, 2.05) is 13.0 Å². The number of anilines is 2. The summed E-state index contributed by atoms with van der Waals surface area (Å²) < 4.78 is 0. The van der Waals surface area contributed by atoms with Gasteiger partial charge in [0.2, 0.25) is 0 Å². The van der Waals surface area contributed by atoms with E-state index in [0.717, 1.165) is 5.56 Å². The molecule has 2 aromatic rings. The van der Waals surface area contributed by atoms with Gasteiger partial charge in [-0.2, -0.15) is 0 Å². The van der Waals surface area contributed by atoms with E-state index in [0.29, 0.717) is 22.5 Å². The number of Topliss-reactive ketones (excluding diaryl/α,β-unsaturated/α-hetero) is 1. The average Bonchev–Trinajstić information content (AvgIpc) is 2.71. The van der Waals surface area contributed by atoms with Crippen molar-refractivity contribution < 1.29 is 14.7 Å². The molecule has 0 saturated heterocycles. The van der Waals surface area contributed by atoms with Gasteiger partial charge < -0.3 is 16.2 Å². The number of nitrogens with one attached hydrogen (secondary N) is 1. The van der Waals surface area contributed by atoms with Crippen molar-refractivity contribution in [2.75, 3.05) is 11.1 Å². The second-order valence-electron chi connectivity index (χ2n) is 5.59. The summed E-state index contributed by atoms with van der Waals surface area (Å²) in [5.74, 6) is -0.885. The maximum absolute atomic E-state index is 12.4. The highest BCUT2D eigenvalue weighted by Gasteiger charge is 2.46. The van der Waals surface area contributed by atoms with Crippen LogP contribution in [0.4, 0.5) is 11.4 Å². The SMILES string of the molecule is Cc1ccc2c(c1)[C@@](O)(CC(=O)c1ccc(N)cc1)C(=O)N2. The van der Waals surface area contributed by atoms with Gasteiger partial charge in [0.15, 0.2) is 11.4 Å². The molecule has 3 rings (SSSR count). The first kappa shape index (κ1) is 14.3. The van der Waals surface area contributed by atoms with Crippen LogP contribution in [0.2, 0.25) is 0 Å². The van der Waals surface area contributed by atoms with Crippen molar-refractivity contribution in [1.29, 1.82) is 0 Å². The van der Waals surface area contributed by atoms with Gasteiger partial charge in [-0.1, -0.05) is 17.7 Å². The Balaban J connectivity index is 1.94. The van der Waals surface area contributed by atoms with Gasteiger partial charge in [0.1, 0.15) is 0 Å². The number of hydrogen-bond acceptors (Lipinski definition) is 4. The summed E-state index contributed by atoms with van der Waals surface area (Å²) in [4.78, 5) is 24.5. The highest BCUT2D eigenvalue weighted by Crippen LogP contribution is 2.39. The topological polar surface area (TPSA) is 92.4 Å². The van der Waals surface area contributed by atoms with E-state index in [4.69, 9.17) is 5.73 Å². The first-order chi connectivity index (χ1) is 10.4. The number of nitrogen functional groups attached to an aromatic ring is 1. The van der Waals surface area contributed by atoms with Crippen LogP contribution in [-0.4, -0.2) is 16.8 Å². The third-order valence-electron chi connectivity index (χ3n) is 3.89. The fraction of sp³-hybridized carbons (Fsp3) is 0.176. The molecule has 5 heteroatoms. The summed E-state index contributed by atoms with van der Waals surface area (Å²) >= 11 is 0. The molecule has 1 aliphatic heterocycles. The minimum atomic E-state index is -1.83. The van der Waals surface area contributed by atoms with Crippen molar-refractivity contribution in [2.24, 2.45) is 0 Å². The monoisotopic (exact) mass is 296 g/mol. The van der Waals surface area contributed by atoms with Crippen molar-refractivity contribution >= 4 is 23.1 Å². The molecule has 0 fully saturated rings. The molecular weight excluding hydrogens is 280 g/mol. The zero-order valence-electron chi connectivity index (χ0n) is 12.1. The van der Waals surface area contributed by atoms with Gasteiger partial charge in [0.25, 0.3) is 5.91 Å². The number of aliphatic hydroxyl groups is 1. The first-order valence-electron chi connectivity index (χ1n) is 6.94. The summed E-state index contributed by atoms with van der Waals surface area (Å²) in [6.07, 6.45) is -0.306. The molecule has 0 spiro atoms. The Morgan fingerprint density at radius 2 is 1.91 bits per heavy atom. The Labute approximate surface area is 127 Å². The van der Waals surface area contributed by atoms with Gasteiger partial charge in [-0.25, -0.2) is 0 Å². The molecule has 22 heavy (non-hydrogen) atoms. The molecule has 112 valence electrons. The zero-order valence-corrected chi connectivity index (χ0v) is 12.1. The Bertz CT molecular complexity index is 768. The van der Waals surface area contributed by atoms with Crippen LogP contribution in [0.1, 0.15) is 27.9 Å². The fourth-order valence-corrected chi connectivity index (χ4v) is 2.64. The lowest BCUT2D eigenvalue weighted by atomic mass is 9.87. The Kier molecular flexibility index (Phi) is 3.22. The van der Waals surface area contributed by atoms with Crippen LogP contribution in [0.15, 0.2) is 42.5 Å². The van der Waals surface area contributed by atoms with E-state index in [9.17, 15) is 14.7 Å².